The Morgan fingerprint density at radius 1 is 0.750 bits per heavy atom. The van der Waals surface area contributed by atoms with Crippen molar-refractivity contribution in [3.05, 3.63) is 71.8 Å². The fourth-order valence-electron chi connectivity index (χ4n) is 9.77. The number of rotatable bonds is 5. The van der Waals surface area contributed by atoms with Crippen LogP contribution < -0.4 is 0 Å². The van der Waals surface area contributed by atoms with Gasteiger partial charge in [0.15, 0.2) is 0 Å². The molecule has 2 aromatic rings. The van der Waals surface area contributed by atoms with Gasteiger partial charge >= 0.3 is 11.9 Å². The molecule has 212 valence electrons. The van der Waals surface area contributed by atoms with Crippen LogP contribution in [-0.2, 0) is 14.3 Å². The fourth-order valence-corrected chi connectivity index (χ4v) is 9.77. The second-order valence-electron chi connectivity index (χ2n) is 13.5. The highest BCUT2D eigenvalue weighted by Crippen LogP contribution is 2.68. The molecule has 0 aromatic heterocycles. The van der Waals surface area contributed by atoms with Crippen LogP contribution in [0, 0.1) is 40.4 Å². The Kier molecular flexibility index (Phi) is 7.13. The first-order chi connectivity index (χ1) is 19.2. The third-order valence-corrected chi connectivity index (χ3v) is 11.6. The van der Waals surface area contributed by atoms with Crippen molar-refractivity contribution in [2.75, 3.05) is 0 Å². The molecule has 0 N–H and O–H groups in total. The summed E-state index contributed by atoms with van der Waals surface area (Å²) in [5.74, 6) is 1.36. The molecule has 2 aromatic carbocycles. The summed E-state index contributed by atoms with van der Waals surface area (Å²) < 4.78 is 12.5. The van der Waals surface area contributed by atoms with Crippen molar-refractivity contribution in [2.24, 2.45) is 40.4 Å². The topological polar surface area (TPSA) is 69.7 Å². The third-order valence-electron chi connectivity index (χ3n) is 11.6. The summed E-state index contributed by atoms with van der Waals surface area (Å²) in [5.41, 5.74) is 1.03. The van der Waals surface area contributed by atoms with E-state index in [1.807, 2.05) is 48.5 Å². The number of ether oxygens (including phenoxy) is 2. The molecule has 40 heavy (non-hydrogen) atoms. The van der Waals surface area contributed by atoms with E-state index in [-0.39, 0.29) is 52.6 Å². The van der Waals surface area contributed by atoms with Gasteiger partial charge in [0.05, 0.1) is 11.1 Å². The molecule has 0 amide bonds. The van der Waals surface area contributed by atoms with Gasteiger partial charge in [-0.15, -0.1) is 0 Å². The quantitative estimate of drug-likeness (QED) is 0.371. The van der Waals surface area contributed by atoms with Crippen molar-refractivity contribution in [1.82, 2.24) is 0 Å². The zero-order valence-electron chi connectivity index (χ0n) is 24.0. The lowest BCUT2D eigenvalue weighted by molar-refractivity contribution is -0.179. The number of benzene rings is 2. The lowest BCUT2D eigenvalue weighted by atomic mass is 9.43. The molecule has 6 unspecified atom stereocenters. The largest absolute Gasteiger partial charge is 0.459 e. The molecule has 4 fully saturated rings. The first kappa shape index (κ1) is 27.2. The minimum absolute atomic E-state index is 0.00412. The molecule has 4 aliphatic rings. The van der Waals surface area contributed by atoms with Crippen LogP contribution >= 0.6 is 0 Å². The van der Waals surface area contributed by atoms with Crippen LogP contribution in [0.4, 0.5) is 0 Å². The Bertz CT molecular complexity index is 1260. The number of fused-ring (bicyclic) bond motifs is 5. The van der Waals surface area contributed by atoms with Crippen LogP contribution in [0.15, 0.2) is 60.7 Å². The maximum absolute atomic E-state index is 13.4. The van der Waals surface area contributed by atoms with Crippen molar-refractivity contribution < 1.29 is 23.9 Å². The lowest BCUT2D eigenvalue weighted by Crippen LogP contribution is -2.60. The summed E-state index contributed by atoms with van der Waals surface area (Å²) in [6.45, 7) is 6.45. The van der Waals surface area contributed by atoms with Crippen LogP contribution in [0.3, 0.4) is 0 Å². The maximum atomic E-state index is 13.4. The maximum Gasteiger partial charge on any atom is 0.338 e. The van der Waals surface area contributed by atoms with Gasteiger partial charge < -0.3 is 9.47 Å². The molecular formula is C35H42O5. The van der Waals surface area contributed by atoms with Gasteiger partial charge in [-0.3, -0.25) is 4.79 Å². The number of carbonyl (C=O) groups is 3. The van der Waals surface area contributed by atoms with Crippen LogP contribution in [-0.4, -0.2) is 29.9 Å². The number of hydrogen-bond acceptors (Lipinski definition) is 5. The van der Waals surface area contributed by atoms with Crippen molar-refractivity contribution in [3.8, 4) is 0 Å². The van der Waals surface area contributed by atoms with E-state index in [1.54, 1.807) is 19.1 Å². The monoisotopic (exact) mass is 542 g/mol. The average molecular weight is 543 g/mol. The summed E-state index contributed by atoms with van der Waals surface area (Å²) in [6.07, 6.45) is 7.26. The predicted molar refractivity (Wildman–Crippen MR) is 153 cm³/mol. The third kappa shape index (κ3) is 4.59. The molecule has 0 aliphatic heterocycles. The van der Waals surface area contributed by atoms with Crippen LogP contribution in [0.1, 0.15) is 92.9 Å². The SMILES string of the molecule is CC(=O)C1CCC2C3CCC4CC(OC(=O)c5ccccc5)CC[C@]4(C)C3[C@H](OC(=O)c3ccccc3)C[C@]12C. The van der Waals surface area contributed by atoms with Crippen molar-refractivity contribution >= 4 is 17.7 Å². The highest BCUT2D eigenvalue weighted by molar-refractivity contribution is 5.90. The van der Waals surface area contributed by atoms with E-state index in [4.69, 9.17) is 9.47 Å². The summed E-state index contributed by atoms with van der Waals surface area (Å²) in [6, 6.07) is 18.5. The molecule has 6 rings (SSSR count). The average Bonchev–Trinajstić information content (AvgIpc) is 3.31. The Morgan fingerprint density at radius 2 is 1.38 bits per heavy atom. The van der Waals surface area contributed by atoms with Crippen LogP contribution in [0.5, 0.6) is 0 Å². The molecule has 9 atom stereocenters. The van der Waals surface area contributed by atoms with E-state index < -0.39 is 0 Å². The van der Waals surface area contributed by atoms with E-state index in [2.05, 4.69) is 13.8 Å². The summed E-state index contributed by atoms with van der Waals surface area (Å²) in [4.78, 5) is 39.0. The van der Waals surface area contributed by atoms with Gasteiger partial charge in [-0.05, 0) is 111 Å². The standard InChI is InChI=1S/C35H42O5/c1-22(36)28-16-17-29-27-15-14-25-20-26(39-32(37)23-10-6-4-7-11-23)18-19-34(25,2)31(27)30(21-35(28,29)3)40-33(38)24-12-8-5-9-13-24/h4-13,25-31H,14-21H2,1-3H3/t25?,26?,27?,28?,29?,30-,31?,34+,35-/m1/s1. The minimum Gasteiger partial charge on any atom is -0.459 e. The van der Waals surface area contributed by atoms with Gasteiger partial charge in [-0.25, -0.2) is 9.59 Å². The van der Waals surface area contributed by atoms with Gasteiger partial charge in [0.25, 0.3) is 0 Å². The number of hydrogen-bond donors (Lipinski definition) is 0. The zero-order valence-corrected chi connectivity index (χ0v) is 24.0. The molecule has 4 saturated carbocycles. The summed E-state index contributed by atoms with van der Waals surface area (Å²) >= 11 is 0. The van der Waals surface area contributed by atoms with Gasteiger partial charge in [-0.2, -0.15) is 0 Å². The number of Topliss-reactive ketones (excluding diaryl/α,β-unsaturated/α-hetero) is 1. The lowest BCUT2D eigenvalue weighted by Gasteiger charge is -2.62. The smallest absolute Gasteiger partial charge is 0.338 e. The molecule has 5 nitrogen and oxygen atoms in total. The molecule has 5 heteroatoms. The first-order valence-electron chi connectivity index (χ1n) is 15.2. The first-order valence-corrected chi connectivity index (χ1v) is 15.2. The number of ketones is 1. The highest BCUT2D eigenvalue weighted by atomic mass is 16.5. The molecule has 0 heterocycles. The van der Waals surface area contributed by atoms with Crippen molar-refractivity contribution in [2.45, 2.75) is 84.3 Å². The normalized spacial score (nSPS) is 38.3. The molecule has 0 saturated heterocycles. The van der Waals surface area contributed by atoms with Crippen LogP contribution in [0.25, 0.3) is 0 Å². The molecule has 4 aliphatic carbocycles. The van der Waals surface area contributed by atoms with E-state index in [0.717, 1.165) is 51.4 Å². The van der Waals surface area contributed by atoms with Crippen molar-refractivity contribution in [1.29, 1.82) is 0 Å². The van der Waals surface area contributed by atoms with E-state index in [9.17, 15) is 14.4 Å². The van der Waals surface area contributed by atoms with E-state index >= 15 is 0 Å². The fraction of sp³-hybridized carbons (Fsp3) is 0.571. The van der Waals surface area contributed by atoms with Gasteiger partial charge in [0.1, 0.15) is 18.0 Å². The van der Waals surface area contributed by atoms with Gasteiger partial charge in [0, 0.05) is 11.8 Å². The molecule has 0 spiro atoms. The van der Waals surface area contributed by atoms with Crippen LogP contribution in [0.2, 0.25) is 0 Å². The Morgan fingerprint density at radius 3 is 2.00 bits per heavy atom. The van der Waals surface area contributed by atoms with E-state index in [1.165, 1.54) is 0 Å². The van der Waals surface area contributed by atoms with Gasteiger partial charge in [-0.1, -0.05) is 50.2 Å². The zero-order chi connectivity index (χ0) is 28.1. The Labute approximate surface area is 238 Å². The van der Waals surface area contributed by atoms with Gasteiger partial charge in [0.2, 0.25) is 0 Å². The molecular weight excluding hydrogens is 500 g/mol. The second-order valence-corrected chi connectivity index (χ2v) is 13.5. The molecule has 0 bridgehead atoms. The highest BCUT2D eigenvalue weighted by Gasteiger charge is 2.64. The second kappa shape index (κ2) is 10.5. The predicted octanol–water partition coefficient (Wildman–Crippen LogP) is 7.30. The van der Waals surface area contributed by atoms with E-state index in [0.29, 0.717) is 28.9 Å². The summed E-state index contributed by atoms with van der Waals surface area (Å²) in [5, 5.41) is 0. The number of carbonyl (C=O) groups excluding carboxylic acids is 3. The van der Waals surface area contributed by atoms with Crippen molar-refractivity contribution in [3.63, 3.8) is 0 Å². The summed E-state index contributed by atoms with van der Waals surface area (Å²) in [7, 11) is 0. The Hall–Kier alpha value is -2.95. The molecule has 0 radical (unpaired) electrons. The number of esters is 2. The minimum atomic E-state index is -0.264. The Balaban J connectivity index is 1.27.